The van der Waals surface area contributed by atoms with Gasteiger partial charge >= 0.3 is 5.97 Å². The summed E-state index contributed by atoms with van der Waals surface area (Å²) in [6, 6.07) is 4.81. The first-order chi connectivity index (χ1) is 8.63. The molecule has 5 heteroatoms. The molecule has 0 heterocycles. The van der Waals surface area contributed by atoms with E-state index >= 15 is 0 Å². The summed E-state index contributed by atoms with van der Waals surface area (Å²) in [5.74, 6) is 0.753. The van der Waals surface area contributed by atoms with E-state index in [1.165, 1.54) is 14.2 Å². The second kappa shape index (κ2) is 5.08. The van der Waals surface area contributed by atoms with Crippen molar-refractivity contribution in [2.75, 3.05) is 14.2 Å². The molecule has 0 bridgehead atoms. The van der Waals surface area contributed by atoms with Crippen molar-refractivity contribution < 1.29 is 23.8 Å². The van der Waals surface area contributed by atoms with Crippen molar-refractivity contribution in [1.29, 1.82) is 0 Å². The maximum absolute atomic E-state index is 11.4. The summed E-state index contributed by atoms with van der Waals surface area (Å²) in [5.41, 5.74) is 0.395. The predicted molar refractivity (Wildman–Crippen MR) is 63.0 cm³/mol. The third-order valence-corrected chi connectivity index (χ3v) is 2.79. The lowest BCUT2D eigenvalue weighted by Crippen LogP contribution is -2.33. The average Bonchev–Trinajstić information content (AvgIpc) is 2.36. The molecule has 0 unspecified atom stereocenters. The summed E-state index contributed by atoms with van der Waals surface area (Å²) in [6.07, 6.45) is 0.777. The van der Waals surface area contributed by atoms with Crippen LogP contribution in [0.3, 0.4) is 0 Å². The fourth-order valence-electron chi connectivity index (χ4n) is 1.72. The monoisotopic (exact) mass is 250 g/mol. The lowest BCUT2D eigenvalue weighted by Gasteiger charge is -2.26. The van der Waals surface area contributed by atoms with Gasteiger partial charge in [-0.05, 0) is 18.2 Å². The molecule has 1 aliphatic carbocycles. The van der Waals surface area contributed by atoms with Crippen molar-refractivity contribution in [1.82, 2.24) is 0 Å². The van der Waals surface area contributed by atoms with E-state index in [4.69, 9.17) is 9.47 Å². The summed E-state index contributed by atoms with van der Waals surface area (Å²) in [4.78, 5) is 22.2. The van der Waals surface area contributed by atoms with Crippen LogP contribution < -0.4 is 9.47 Å². The highest BCUT2D eigenvalue weighted by Crippen LogP contribution is 2.32. The van der Waals surface area contributed by atoms with Crippen LogP contribution in [0.4, 0.5) is 0 Å². The van der Waals surface area contributed by atoms with Gasteiger partial charge < -0.3 is 14.2 Å². The Hall–Kier alpha value is -2.04. The maximum atomic E-state index is 11.4. The Morgan fingerprint density at radius 2 is 1.94 bits per heavy atom. The minimum atomic E-state index is -0.432. The Morgan fingerprint density at radius 3 is 2.50 bits per heavy atom. The number of ether oxygens (including phenoxy) is 3. The number of Topliss-reactive ketones (excluding diaryl/α,β-unsaturated/α-hetero) is 1. The molecule has 0 aromatic heterocycles. The van der Waals surface area contributed by atoms with E-state index in [0.29, 0.717) is 29.9 Å². The molecule has 0 atom stereocenters. The maximum Gasteiger partial charge on any atom is 0.337 e. The zero-order chi connectivity index (χ0) is 13.1. The van der Waals surface area contributed by atoms with Gasteiger partial charge in [-0.2, -0.15) is 0 Å². The third kappa shape index (κ3) is 2.45. The highest BCUT2D eigenvalue weighted by atomic mass is 16.5. The van der Waals surface area contributed by atoms with Crippen LogP contribution >= 0.6 is 0 Å². The third-order valence-electron chi connectivity index (χ3n) is 2.79. The van der Waals surface area contributed by atoms with Gasteiger partial charge in [-0.3, -0.25) is 4.79 Å². The van der Waals surface area contributed by atoms with E-state index < -0.39 is 5.97 Å². The second-order valence-corrected chi connectivity index (χ2v) is 4.04. The molecule has 1 fully saturated rings. The molecule has 0 radical (unpaired) electrons. The Balaban J connectivity index is 2.15. The molecule has 96 valence electrons. The molecular weight excluding hydrogens is 236 g/mol. The normalized spacial score (nSPS) is 14.9. The van der Waals surface area contributed by atoms with Gasteiger partial charge in [0, 0.05) is 12.8 Å². The number of rotatable bonds is 4. The van der Waals surface area contributed by atoms with Gasteiger partial charge in [0.25, 0.3) is 0 Å². The Labute approximate surface area is 105 Å². The smallest absolute Gasteiger partial charge is 0.337 e. The molecule has 0 amide bonds. The van der Waals surface area contributed by atoms with Gasteiger partial charge in [0.2, 0.25) is 0 Å². The number of carbonyl (C=O) groups is 2. The number of esters is 1. The minimum Gasteiger partial charge on any atom is -0.493 e. The quantitative estimate of drug-likeness (QED) is 0.759. The van der Waals surface area contributed by atoms with Crippen LogP contribution in [0.1, 0.15) is 23.2 Å². The lowest BCUT2D eigenvalue weighted by molar-refractivity contribution is -0.129. The standard InChI is InChI=1S/C13H14O5/c1-16-12-5-8(13(15)17-2)3-4-11(12)18-10-6-9(14)7-10/h3-5,10H,6-7H2,1-2H3. The van der Waals surface area contributed by atoms with Crippen molar-refractivity contribution in [3.05, 3.63) is 23.8 Å². The predicted octanol–water partition coefficient (Wildman–Crippen LogP) is 1.59. The minimum absolute atomic E-state index is 0.0876. The zero-order valence-corrected chi connectivity index (χ0v) is 10.3. The van der Waals surface area contributed by atoms with Crippen molar-refractivity contribution in [3.8, 4) is 11.5 Å². The van der Waals surface area contributed by atoms with E-state index in [9.17, 15) is 9.59 Å². The van der Waals surface area contributed by atoms with Crippen molar-refractivity contribution in [2.45, 2.75) is 18.9 Å². The highest BCUT2D eigenvalue weighted by Gasteiger charge is 2.29. The summed E-state index contributed by atoms with van der Waals surface area (Å²) in [5, 5.41) is 0. The van der Waals surface area contributed by atoms with Gasteiger partial charge in [-0.25, -0.2) is 4.79 Å². The largest absolute Gasteiger partial charge is 0.493 e. The topological polar surface area (TPSA) is 61.8 Å². The van der Waals surface area contributed by atoms with Crippen LogP contribution in [0.2, 0.25) is 0 Å². The van der Waals surface area contributed by atoms with E-state index in [2.05, 4.69) is 4.74 Å². The molecule has 0 N–H and O–H groups in total. The van der Waals surface area contributed by atoms with E-state index in [-0.39, 0.29) is 11.9 Å². The fourth-order valence-corrected chi connectivity index (χ4v) is 1.72. The van der Waals surface area contributed by atoms with Gasteiger partial charge in [0.15, 0.2) is 11.5 Å². The van der Waals surface area contributed by atoms with E-state index in [1.807, 2.05) is 0 Å². The molecule has 5 nitrogen and oxygen atoms in total. The van der Waals surface area contributed by atoms with Crippen LogP contribution in [0, 0.1) is 0 Å². The van der Waals surface area contributed by atoms with Crippen LogP contribution in [0.5, 0.6) is 11.5 Å². The molecule has 0 aliphatic heterocycles. The SMILES string of the molecule is COC(=O)c1ccc(OC2CC(=O)C2)c(OC)c1. The zero-order valence-electron chi connectivity index (χ0n) is 10.3. The summed E-state index contributed by atoms with van der Waals surface area (Å²) in [7, 11) is 2.81. The first kappa shape index (κ1) is 12.4. The molecule has 1 saturated carbocycles. The Bertz CT molecular complexity index is 472. The fraction of sp³-hybridized carbons (Fsp3) is 0.385. The first-order valence-corrected chi connectivity index (χ1v) is 5.58. The van der Waals surface area contributed by atoms with Crippen molar-refractivity contribution in [3.63, 3.8) is 0 Å². The number of hydrogen-bond donors (Lipinski definition) is 0. The van der Waals surface area contributed by atoms with E-state index in [0.717, 1.165) is 0 Å². The van der Waals surface area contributed by atoms with Gasteiger partial charge in [-0.1, -0.05) is 0 Å². The molecule has 1 aromatic carbocycles. The molecular formula is C13H14O5. The van der Waals surface area contributed by atoms with Gasteiger partial charge in [-0.15, -0.1) is 0 Å². The Morgan fingerprint density at radius 1 is 1.22 bits per heavy atom. The Kier molecular flexibility index (Phi) is 3.50. The second-order valence-electron chi connectivity index (χ2n) is 4.04. The van der Waals surface area contributed by atoms with Crippen molar-refractivity contribution >= 4 is 11.8 Å². The molecule has 2 rings (SSSR count). The number of benzene rings is 1. The summed E-state index contributed by atoms with van der Waals surface area (Å²) in [6.45, 7) is 0. The summed E-state index contributed by atoms with van der Waals surface area (Å²) >= 11 is 0. The molecule has 0 spiro atoms. The number of carbonyl (C=O) groups excluding carboxylic acids is 2. The molecule has 1 aliphatic rings. The molecule has 1 aromatic rings. The number of ketones is 1. The van der Waals surface area contributed by atoms with Crippen LogP contribution in [-0.4, -0.2) is 32.1 Å². The van der Waals surface area contributed by atoms with Gasteiger partial charge in [0.05, 0.1) is 19.8 Å². The lowest BCUT2D eigenvalue weighted by atomic mass is 9.94. The van der Waals surface area contributed by atoms with E-state index in [1.54, 1.807) is 18.2 Å². The van der Waals surface area contributed by atoms with Crippen LogP contribution in [-0.2, 0) is 9.53 Å². The van der Waals surface area contributed by atoms with Crippen molar-refractivity contribution in [2.24, 2.45) is 0 Å². The van der Waals surface area contributed by atoms with Gasteiger partial charge in [0.1, 0.15) is 11.9 Å². The number of hydrogen-bond acceptors (Lipinski definition) is 5. The first-order valence-electron chi connectivity index (χ1n) is 5.58. The summed E-state index contributed by atoms with van der Waals surface area (Å²) < 4.78 is 15.4. The van der Waals surface area contributed by atoms with Crippen LogP contribution in [0.15, 0.2) is 18.2 Å². The number of methoxy groups -OCH3 is 2. The van der Waals surface area contributed by atoms with Crippen LogP contribution in [0.25, 0.3) is 0 Å². The highest BCUT2D eigenvalue weighted by molar-refractivity contribution is 5.90. The molecule has 18 heavy (non-hydrogen) atoms. The molecule has 0 saturated heterocycles. The average molecular weight is 250 g/mol.